The van der Waals surface area contributed by atoms with E-state index in [0.717, 1.165) is 19.4 Å². The van der Waals surface area contributed by atoms with Crippen molar-refractivity contribution in [2.75, 3.05) is 31.2 Å². The third-order valence-corrected chi connectivity index (χ3v) is 3.12. The van der Waals surface area contributed by atoms with Crippen LogP contribution < -0.4 is 4.90 Å². The van der Waals surface area contributed by atoms with Crippen LogP contribution in [-0.4, -0.2) is 42.1 Å². The molecule has 0 aromatic carbocycles. The monoisotopic (exact) mass is 239 g/mol. The standard InChI is InChI=1S/C11H14FN3O2/c12-9-6-13-10(14-7-9)15-3-1-2-11(8-15)16-4-5-17-11/h6-7H,1-5,8H2. The van der Waals surface area contributed by atoms with Crippen LogP contribution in [0, 0.1) is 5.82 Å². The van der Waals surface area contributed by atoms with E-state index in [9.17, 15) is 4.39 Å². The van der Waals surface area contributed by atoms with E-state index in [1.807, 2.05) is 4.90 Å². The maximum absolute atomic E-state index is 12.8. The van der Waals surface area contributed by atoms with E-state index in [0.29, 0.717) is 25.7 Å². The SMILES string of the molecule is Fc1cnc(N2CCCC3(C2)OCCO3)nc1. The zero-order valence-electron chi connectivity index (χ0n) is 9.43. The zero-order valence-corrected chi connectivity index (χ0v) is 9.43. The predicted molar refractivity (Wildman–Crippen MR) is 58.1 cm³/mol. The fraction of sp³-hybridized carbons (Fsp3) is 0.636. The average Bonchev–Trinajstić information content (AvgIpc) is 2.78. The topological polar surface area (TPSA) is 47.5 Å². The molecule has 92 valence electrons. The van der Waals surface area contributed by atoms with Gasteiger partial charge in [-0.05, 0) is 6.42 Å². The van der Waals surface area contributed by atoms with Gasteiger partial charge in [-0.3, -0.25) is 0 Å². The lowest BCUT2D eigenvalue weighted by Gasteiger charge is -2.38. The van der Waals surface area contributed by atoms with Crippen LogP contribution >= 0.6 is 0 Å². The number of piperidine rings is 1. The Morgan fingerprint density at radius 1 is 1.24 bits per heavy atom. The van der Waals surface area contributed by atoms with Crippen molar-refractivity contribution in [3.8, 4) is 0 Å². The number of aromatic nitrogens is 2. The molecule has 0 amide bonds. The molecule has 2 aliphatic heterocycles. The van der Waals surface area contributed by atoms with E-state index in [1.165, 1.54) is 12.4 Å². The zero-order chi connectivity index (χ0) is 11.7. The molecule has 0 unspecified atom stereocenters. The van der Waals surface area contributed by atoms with Crippen molar-refractivity contribution in [3.05, 3.63) is 18.2 Å². The first-order chi connectivity index (χ1) is 8.27. The molecule has 0 saturated carbocycles. The normalized spacial score (nSPS) is 23.2. The van der Waals surface area contributed by atoms with Gasteiger partial charge in [0.2, 0.25) is 5.95 Å². The maximum atomic E-state index is 12.8. The molecule has 3 rings (SSSR count). The van der Waals surface area contributed by atoms with Gasteiger partial charge in [0.15, 0.2) is 11.6 Å². The van der Waals surface area contributed by atoms with Gasteiger partial charge >= 0.3 is 0 Å². The third kappa shape index (κ3) is 2.10. The lowest BCUT2D eigenvalue weighted by Crippen LogP contribution is -2.49. The number of anilines is 1. The van der Waals surface area contributed by atoms with Crippen molar-refractivity contribution in [1.29, 1.82) is 0 Å². The molecule has 1 spiro atoms. The smallest absolute Gasteiger partial charge is 0.225 e. The summed E-state index contributed by atoms with van der Waals surface area (Å²) in [6.07, 6.45) is 4.21. The van der Waals surface area contributed by atoms with E-state index < -0.39 is 11.6 Å². The summed E-state index contributed by atoms with van der Waals surface area (Å²) < 4.78 is 24.1. The predicted octanol–water partition coefficient (Wildman–Crippen LogP) is 0.959. The van der Waals surface area contributed by atoms with Crippen LogP contribution in [0.1, 0.15) is 12.8 Å². The molecule has 5 nitrogen and oxygen atoms in total. The number of nitrogens with zero attached hydrogens (tertiary/aromatic N) is 3. The van der Waals surface area contributed by atoms with Crippen molar-refractivity contribution in [3.63, 3.8) is 0 Å². The lowest BCUT2D eigenvalue weighted by atomic mass is 10.1. The van der Waals surface area contributed by atoms with Gasteiger partial charge in [-0.2, -0.15) is 0 Å². The minimum absolute atomic E-state index is 0.422. The number of hydrogen-bond donors (Lipinski definition) is 0. The van der Waals surface area contributed by atoms with Crippen LogP contribution in [0.25, 0.3) is 0 Å². The molecule has 2 saturated heterocycles. The summed E-state index contributed by atoms with van der Waals surface area (Å²) in [5.41, 5.74) is 0. The van der Waals surface area contributed by atoms with Gasteiger partial charge in [0.05, 0.1) is 32.2 Å². The van der Waals surface area contributed by atoms with E-state index >= 15 is 0 Å². The fourth-order valence-electron chi connectivity index (χ4n) is 2.36. The molecule has 3 heterocycles. The summed E-state index contributed by atoms with van der Waals surface area (Å²) in [6, 6.07) is 0. The Morgan fingerprint density at radius 3 is 2.65 bits per heavy atom. The summed E-state index contributed by atoms with van der Waals surface area (Å²) in [6.45, 7) is 2.73. The molecule has 2 fully saturated rings. The highest BCUT2D eigenvalue weighted by Crippen LogP contribution is 2.31. The van der Waals surface area contributed by atoms with E-state index in [4.69, 9.17) is 9.47 Å². The van der Waals surface area contributed by atoms with Crippen LogP contribution in [0.5, 0.6) is 0 Å². The maximum Gasteiger partial charge on any atom is 0.225 e. The Hall–Kier alpha value is -1.27. The Balaban J connectivity index is 1.77. The fourth-order valence-corrected chi connectivity index (χ4v) is 2.36. The highest BCUT2D eigenvalue weighted by Gasteiger charge is 2.41. The molecule has 0 N–H and O–H groups in total. The van der Waals surface area contributed by atoms with Crippen molar-refractivity contribution in [2.24, 2.45) is 0 Å². The molecule has 6 heteroatoms. The van der Waals surface area contributed by atoms with Gasteiger partial charge < -0.3 is 14.4 Å². The first-order valence-electron chi connectivity index (χ1n) is 5.78. The molecule has 0 aliphatic carbocycles. The van der Waals surface area contributed by atoms with E-state index in [-0.39, 0.29) is 0 Å². The van der Waals surface area contributed by atoms with Crippen molar-refractivity contribution in [2.45, 2.75) is 18.6 Å². The molecule has 17 heavy (non-hydrogen) atoms. The number of hydrogen-bond acceptors (Lipinski definition) is 5. The van der Waals surface area contributed by atoms with Gasteiger partial charge in [0.1, 0.15) is 0 Å². The Kier molecular flexibility index (Phi) is 2.68. The largest absolute Gasteiger partial charge is 0.346 e. The molecular formula is C11H14FN3O2. The summed E-state index contributed by atoms with van der Waals surface area (Å²) in [5.74, 6) is -0.394. The molecule has 0 atom stereocenters. The summed E-state index contributed by atoms with van der Waals surface area (Å²) in [5, 5.41) is 0. The summed E-state index contributed by atoms with van der Waals surface area (Å²) in [4.78, 5) is 9.95. The first-order valence-corrected chi connectivity index (χ1v) is 5.78. The van der Waals surface area contributed by atoms with Crippen molar-refractivity contribution >= 4 is 5.95 Å². The quantitative estimate of drug-likeness (QED) is 0.730. The van der Waals surface area contributed by atoms with Gasteiger partial charge in [0, 0.05) is 13.0 Å². The van der Waals surface area contributed by atoms with Crippen molar-refractivity contribution < 1.29 is 13.9 Å². The minimum atomic E-state index is -0.504. The third-order valence-electron chi connectivity index (χ3n) is 3.12. The van der Waals surface area contributed by atoms with E-state index in [1.54, 1.807) is 0 Å². The highest BCUT2D eigenvalue weighted by molar-refractivity contribution is 5.30. The number of rotatable bonds is 1. The van der Waals surface area contributed by atoms with Crippen molar-refractivity contribution in [1.82, 2.24) is 9.97 Å². The summed E-state index contributed by atoms with van der Waals surface area (Å²) >= 11 is 0. The Bertz CT molecular complexity index is 392. The average molecular weight is 239 g/mol. The van der Waals surface area contributed by atoms with Gasteiger partial charge in [-0.25, -0.2) is 14.4 Å². The molecular weight excluding hydrogens is 225 g/mol. The van der Waals surface area contributed by atoms with Crippen LogP contribution in [0.3, 0.4) is 0 Å². The second kappa shape index (κ2) is 4.19. The van der Waals surface area contributed by atoms with Crippen LogP contribution in [0.15, 0.2) is 12.4 Å². The second-order valence-electron chi connectivity index (χ2n) is 4.33. The minimum Gasteiger partial charge on any atom is -0.346 e. The summed E-state index contributed by atoms with van der Waals surface area (Å²) in [7, 11) is 0. The molecule has 0 radical (unpaired) electrons. The Labute approximate surface area is 98.6 Å². The molecule has 0 bridgehead atoms. The highest BCUT2D eigenvalue weighted by atomic mass is 19.1. The van der Waals surface area contributed by atoms with Gasteiger partial charge in [-0.15, -0.1) is 0 Å². The second-order valence-corrected chi connectivity index (χ2v) is 4.33. The lowest BCUT2D eigenvalue weighted by molar-refractivity contribution is -0.161. The van der Waals surface area contributed by atoms with Gasteiger partial charge in [-0.1, -0.05) is 0 Å². The molecule has 1 aromatic rings. The van der Waals surface area contributed by atoms with Gasteiger partial charge in [0.25, 0.3) is 0 Å². The van der Waals surface area contributed by atoms with Crippen LogP contribution in [0.4, 0.5) is 10.3 Å². The number of halogens is 1. The Morgan fingerprint density at radius 2 is 1.94 bits per heavy atom. The first kappa shape index (κ1) is 10.9. The van der Waals surface area contributed by atoms with Crippen LogP contribution in [0.2, 0.25) is 0 Å². The number of ether oxygens (including phenoxy) is 2. The van der Waals surface area contributed by atoms with Crippen LogP contribution in [-0.2, 0) is 9.47 Å². The van der Waals surface area contributed by atoms with E-state index in [2.05, 4.69) is 9.97 Å². The molecule has 2 aliphatic rings. The molecule has 1 aromatic heterocycles.